The first-order valence-corrected chi connectivity index (χ1v) is 7.97. The summed E-state index contributed by atoms with van der Waals surface area (Å²) in [5, 5.41) is 3.84. The molecule has 1 aromatic heterocycles. The van der Waals surface area contributed by atoms with E-state index in [0.717, 1.165) is 23.8 Å². The molecule has 1 unspecified atom stereocenters. The number of hydrogen-bond donors (Lipinski definition) is 1. The van der Waals surface area contributed by atoms with Crippen LogP contribution in [0.1, 0.15) is 37.0 Å². The molecule has 0 aliphatic rings. The van der Waals surface area contributed by atoms with Gasteiger partial charge in [0, 0.05) is 16.8 Å². The van der Waals surface area contributed by atoms with Crippen molar-refractivity contribution in [2.45, 2.75) is 31.5 Å². The maximum absolute atomic E-state index is 12.2. The predicted octanol–water partition coefficient (Wildman–Crippen LogP) is 4.36. The van der Waals surface area contributed by atoms with E-state index in [2.05, 4.69) is 35.1 Å². The molecule has 108 valence electrons. The van der Waals surface area contributed by atoms with Gasteiger partial charge in [0.1, 0.15) is 11.8 Å². The fourth-order valence-corrected chi connectivity index (χ4v) is 3.32. The lowest BCUT2D eigenvalue weighted by molar-refractivity contribution is 0.0953. The minimum absolute atomic E-state index is 0.0784. The van der Waals surface area contributed by atoms with Crippen LogP contribution in [0, 0.1) is 5.92 Å². The SMILES string of the molecule is CCC(CC)C(Br)CNC(=O)c1coc2ccccc12. The van der Waals surface area contributed by atoms with Crippen molar-refractivity contribution in [1.29, 1.82) is 0 Å². The van der Waals surface area contributed by atoms with Gasteiger partial charge < -0.3 is 9.73 Å². The molecule has 1 heterocycles. The Labute approximate surface area is 127 Å². The van der Waals surface area contributed by atoms with Gasteiger partial charge in [-0.2, -0.15) is 0 Å². The number of carbonyl (C=O) groups excluding carboxylic acids is 1. The lowest BCUT2D eigenvalue weighted by Gasteiger charge is -2.19. The molecule has 0 saturated carbocycles. The molecule has 2 aromatic rings. The largest absolute Gasteiger partial charge is 0.463 e. The zero-order chi connectivity index (χ0) is 14.5. The molecular formula is C16H20BrNO2. The molecule has 0 bridgehead atoms. The van der Waals surface area contributed by atoms with Gasteiger partial charge in [-0.3, -0.25) is 4.79 Å². The summed E-state index contributed by atoms with van der Waals surface area (Å²) in [6.45, 7) is 4.98. The van der Waals surface area contributed by atoms with Gasteiger partial charge in [0.2, 0.25) is 0 Å². The van der Waals surface area contributed by atoms with Gasteiger partial charge in [-0.1, -0.05) is 60.8 Å². The van der Waals surface area contributed by atoms with Crippen LogP contribution in [-0.4, -0.2) is 17.3 Å². The molecule has 1 aromatic carbocycles. The first-order chi connectivity index (χ1) is 9.67. The monoisotopic (exact) mass is 337 g/mol. The highest BCUT2D eigenvalue weighted by Gasteiger charge is 2.18. The number of rotatable bonds is 6. The molecule has 0 aliphatic carbocycles. The summed E-state index contributed by atoms with van der Waals surface area (Å²) in [6.07, 6.45) is 3.74. The van der Waals surface area contributed by atoms with Crippen molar-refractivity contribution in [2.24, 2.45) is 5.92 Å². The number of alkyl halides is 1. The first kappa shape index (κ1) is 15.1. The van der Waals surface area contributed by atoms with E-state index < -0.39 is 0 Å². The summed E-state index contributed by atoms with van der Waals surface area (Å²) in [7, 11) is 0. The fourth-order valence-electron chi connectivity index (χ4n) is 2.41. The normalized spacial score (nSPS) is 12.8. The number of nitrogens with one attached hydrogen (secondary N) is 1. The van der Waals surface area contributed by atoms with Gasteiger partial charge in [-0.05, 0) is 12.0 Å². The maximum atomic E-state index is 12.2. The maximum Gasteiger partial charge on any atom is 0.255 e. The molecule has 20 heavy (non-hydrogen) atoms. The Kier molecular flexibility index (Phi) is 5.24. The van der Waals surface area contributed by atoms with Crippen LogP contribution in [-0.2, 0) is 0 Å². The molecule has 0 fully saturated rings. The Balaban J connectivity index is 2.02. The van der Waals surface area contributed by atoms with Crippen LogP contribution in [0.3, 0.4) is 0 Å². The Hall–Kier alpha value is -1.29. The lowest BCUT2D eigenvalue weighted by atomic mass is 9.99. The number of furan rings is 1. The van der Waals surface area contributed by atoms with Crippen LogP contribution in [0.2, 0.25) is 0 Å². The summed E-state index contributed by atoms with van der Waals surface area (Å²) in [6, 6.07) is 7.57. The molecule has 0 aliphatic heterocycles. The third-order valence-corrected chi connectivity index (χ3v) is 4.81. The Bertz CT molecular complexity index is 575. The highest BCUT2D eigenvalue weighted by molar-refractivity contribution is 9.09. The van der Waals surface area contributed by atoms with Crippen molar-refractivity contribution in [3.8, 4) is 0 Å². The second kappa shape index (κ2) is 6.93. The number of carbonyl (C=O) groups is 1. The summed E-state index contributed by atoms with van der Waals surface area (Å²) in [4.78, 5) is 12.5. The van der Waals surface area contributed by atoms with E-state index in [-0.39, 0.29) is 5.91 Å². The number of benzene rings is 1. The standard InChI is InChI=1S/C16H20BrNO2/c1-3-11(4-2)14(17)9-18-16(19)13-10-20-15-8-6-5-7-12(13)15/h5-8,10-11,14H,3-4,9H2,1-2H3,(H,18,19). The Morgan fingerprint density at radius 1 is 1.30 bits per heavy atom. The van der Waals surface area contributed by atoms with Gasteiger partial charge in [0.05, 0.1) is 5.56 Å². The van der Waals surface area contributed by atoms with Crippen molar-refractivity contribution in [3.63, 3.8) is 0 Å². The van der Waals surface area contributed by atoms with Gasteiger partial charge in [-0.15, -0.1) is 0 Å². The predicted molar refractivity (Wildman–Crippen MR) is 85.3 cm³/mol. The van der Waals surface area contributed by atoms with E-state index >= 15 is 0 Å². The number of halogens is 1. The highest BCUT2D eigenvalue weighted by atomic mass is 79.9. The Morgan fingerprint density at radius 2 is 2.00 bits per heavy atom. The molecule has 2 rings (SSSR count). The van der Waals surface area contributed by atoms with Gasteiger partial charge in [0.25, 0.3) is 5.91 Å². The van der Waals surface area contributed by atoms with E-state index in [4.69, 9.17) is 4.42 Å². The van der Waals surface area contributed by atoms with Crippen LogP contribution in [0.4, 0.5) is 0 Å². The number of para-hydroxylation sites is 1. The molecule has 1 amide bonds. The van der Waals surface area contributed by atoms with Crippen molar-refractivity contribution >= 4 is 32.8 Å². The summed E-state index contributed by atoms with van der Waals surface area (Å²) in [5.41, 5.74) is 1.35. The molecule has 4 heteroatoms. The zero-order valence-electron chi connectivity index (χ0n) is 11.9. The van der Waals surface area contributed by atoms with E-state index in [1.54, 1.807) is 0 Å². The highest BCUT2D eigenvalue weighted by Crippen LogP contribution is 2.22. The average molecular weight is 338 g/mol. The summed E-state index contributed by atoms with van der Waals surface area (Å²) < 4.78 is 5.39. The van der Waals surface area contributed by atoms with E-state index in [0.29, 0.717) is 22.9 Å². The quantitative estimate of drug-likeness (QED) is 0.795. The number of amides is 1. The third kappa shape index (κ3) is 3.23. The average Bonchev–Trinajstić information content (AvgIpc) is 2.90. The van der Waals surface area contributed by atoms with Crippen LogP contribution in [0.25, 0.3) is 11.0 Å². The van der Waals surface area contributed by atoms with Crippen molar-refractivity contribution in [2.75, 3.05) is 6.54 Å². The minimum Gasteiger partial charge on any atom is -0.463 e. The first-order valence-electron chi connectivity index (χ1n) is 7.05. The van der Waals surface area contributed by atoms with Crippen LogP contribution in [0.5, 0.6) is 0 Å². The van der Waals surface area contributed by atoms with Gasteiger partial charge in [-0.25, -0.2) is 0 Å². The lowest BCUT2D eigenvalue weighted by Crippen LogP contribution is -2.32. The fraction of sp³-hybridized carbons (Fsp3) is 0.438. The minimum atomic E-state index is -0.0784. The van der Waals surface area contributed by atoms with Gasteiger partial charge >= 0.3 is 0 Å². The molecule has 0 spiro atoms. The van der Waals surface area contributed by atoms with E-state index in [1.165, 1.54) is 6.26 Å². The second-order valence-corrected chi connectivity index (χ2v) is 6.12. The molecule has 1 N–H and O–H groups in total. The van der Waals surface area contributed by atoms with Crippen LogP contribution >= 0.6 is 15.9 Å². The number of hydrogen-bond acceptors (Lipinski definition) is 2. The third-order valence-electron chi connectivity index (χ3n) is 3.74. The van der Waals surface area contributed by atoms with Gasteiger partial charge in [0.15, 0.2) is 0 Å². The van der Waals surface area contributed by atoms with Crippen LogP contribution in [0.15, 0.2) is 34.9 Å². The van der Waals surface area contributed by atoms with Crippen molar-refractivity contribution in [3.05, 3.63) is 36.1 Å². The number of fused-ring (bicyclic) bond motifs is 1. The molecule has 3 nitrogen and oxygen atoms in total. The van der Waals surface area contributed by atoms with Crippen LogP contribution < -0.4 is 5.32 Å². The smallest absolute Gasteiger partial charge is 0.255 e. The second-order valence-electron chi connectivity index (χ2n) is 4.95. The van der Waals surface area contributed by atoms with E-state index in [9.17, 15) is 4.79 Å². The zero-order valence-corrected chi connectivity index (χ0v) is 13.4. The Morgan fingerprint density at radius 3 is 2.70 bits per heavy atom. The molecular weight excluding hydrogens is 318 g/mol. The van der Waals surface area contributed by atoms with E-state index in [1.807, 2.05) is 24.3 Å². The summed E-state index contributed by atoms with van der Waals surface area (Å²) in [5.74, 6) is 0.502. The molecule has 1 atom stereocenters. The topological polar surface area (TPSA) is 42.2 Å². The summed E-state index contributed by atoms with van der Waals surface area (Å²) >= 11 is 3.67. The molecule has 0 radical (unpaired) electrons. The van der Waals surface area contributed by atoms with Crippen molar-refractivity contribution < 1.29 is 9.21 Å². The van der Waals surface area contributed by atoms with Crippen molar-refractivity contribution in [1.82, 2.24) is 5.32 Å². The molecule has 0 saturated heterocycles.